The van der Waals surface area contributed by atoms with Crippen LogP contribution in [0.1, 0.15) is 27.3 Å². The van der Waals surface area contributed by atoms with Gasteiger partial charge in [0, 0.05) is 10.9 Å². The van der Waals surface area contributed by atoms with Gasteiger partial charge in [0.1, 0.15) is 12.1 Å². The van der Waals surface area contributed by atoms with Crippen LogP contribution >= 0.6 is 15.9 Å². The molecule has 0 fully saturated rings. The lowest BCUT2D eigenvalue weighted by Gasteiger charge is -2.08. The number of hydrogen-bond donors (Lipinski definition) is 0. The van der Waals surface area contributed by atoms with Gasteiger partial charge in [-0.25, -0.2) is 4.79 Å². The third-order valence-electron chi connectivity index (χ3n) is 3.28. The summed E-state index contributed by atoms with van der Waals surface area (Å²) in [5, 5.41) is 3.97. The molecule has 0 saturated heterocycles. The van der Waals surface area contributed by atoms with E-state index < -0.39 is 18.7 Å². The zero-order valence-corrected chi connectivity index (χ0v) is 14.0. The van der Waals surface area contributed by atoms with Crippen LogP contribution in [0.3, 0.4) is 0 Å². The molecule has 0 amide bonds. The van der Waals surface area contributed by atoms with Crippen LogP contribution in [0.15, 0.2) is 28.7 Å². The highest BCUT2D eigenvalue weighted by Gasteiger charge is 2.31. The number of methoxy groups -OCH3 is 1. The average Bonchev–Trinajstić information content (AvgIpc) is 2.75. The lowest BCUT2D eigenvalue weighted by Crippen LogP contribution is -2.20. The summed E-state index contributed by atoms with van der Waals surface area (Å²) in [4.78, 5) is 11.9. The summed E-state index contributed by atoms with van der Waals surface area (Å²) in [7, 11) is 1.19. The molecule has 0 aliphatic carbocycles. The summed E-state index contributed by atoms with van der Waals surface area (Å²) in [6.45, 7) is 0.180. The summed E-state index contributed by atoms with van der Waals surface area (Å²) in [5.74, 6) is -0.692. The van der Waals surface area contributed by atoms with Crippen LogP contribution < -0.4 is 0 Å². The van der Waals surface area contributed by atoms with Crippen molar-refractivity contribution in [3.8, 4) is 0 Å². The van der Waals surface area contributed by atoms with Gasteiger partial charge in [0.25, 0.3) is 0 Å². The molecule has 0 unspecified atom stereocenters. The van der Waals surface area contributed by atoms with Crippen LogP contribution in [-0.4, -0.2) is 29.0 Å². The van der Waals surface area contributed by atoms with Crippen molar-refractivity contribution >= 4 is 21.9 Å². The molecule has 0 aliphatic rings. The number of ether oxygens (including phenoxy) is 1. The topological polar surface area (TPSA) is 44.1 Å². The van der Waals surface area contributed by atoms with Gasteiger partial charge in [-0.1, -0.05) is 28.1 Å². The van der Waals surface area contributed by atoms with Crippen LogP contribution in [0.4, 0.5) is 13.2 Å². The molecule has 124 valence electrons. The van der Waals surface area contributed by atoms with Gasteiger partial charge in [-0.2, -0.15) is 18.3 Å². The van der Waals surface area contributed by atoms with Crippen molar-refractivity contribution in [1.82, 2.24) is 9.78 Å². The number of carbonyl (C=O) groups is 1. The normalized spacial score (nSPS) is 11.6. The van der Waals surface area contributed by atoms with Gasteiger partial charge in [-0.3, -0.25) is 4.68 Å². The second-order valence-electron chi connectivity index (χ2n) is 4.97. The Morgan fingerprint density at radius 3 is 2.43 bits per heavy atom. The van der Waals surface area contributed by atoms with E-state index in [-0.39, 0.29) is 23.4 Å². The largest absolute Gasteiger partial charge is 0.465 e. The zero-order chi connectivity index (χ0) is 17.2. The Hall–Kier alpha value is -1.83. The third-order valence-corrected chi connectivity index (χ3v) is 3.81. The summed E-state index contributed by atoms with van der Waals surface area (Å²) in [5.41, 5.74) is 1.32. The molecule has 8 heteroatoms. The highest BCUT2D eigenvalue weighted by Crippen LogP contribution is 2.23. The minimum atomic E-state index is -4.42. The maximum Gasteiger partial charge on any atom is 0.408 e. The van der Waals surface area contributed by atoms with Crippen LogP contribution in [0.5, 0.6) is 0 Å². The molecule has 1 heterocycles. The quantitative estimate of drug-likeness (QED) is 0.743. The van der Waals surface area contributed by atoms with Crippen LogP contribution in [0, 0.1) is 6.92 Å². The first-order valence-corrected chi connectivity index (χ1v) is 7.46. The highest BCUT2D eigenvalue weighted by molar-refractivity contribution is 9.10. The second-order valence-corrected chi connectivity index (χ2v) is 5.89. The summed E-state index contributed by atoms with van der Waals surface area (Å²) >= 11 is 3.31. The van der Waals surface area contributed by atoms with E-state index in [4.69, 9.17) is 0 Å². The Bertz CT molecular complexity index is 709. The zero-order valence-electron chi connectivity index (χ0n) is 12.4. The second kappa shape index (κ2) is 6.74. The maximum atomic E-state index is 12.6. The number of hydrogen-bond acceptors (Lipinski definition) is 3. The standard InChI is InChI=1S/C15H14BrF3N2O2/c1-9-13(14(22)23-2)12(20-21(9)8-15(17,18)19)7-10-3-5-11(16)6-4-10/h3-6H,7-8H2,1-2H3. The first kappa shape index (κ1) is 17.5. The average molecular weight is 391 g/mol. The van der Waals surface area contributed by atoms with Crippen molar-refractivity contribution in [2.75, 3.05) is 7.11 Å². The lowest BCUT2D eigenvalue weighted by atomic mass is 10.1. The summed E-state index contributed by atoms with van der Waals surface area (Å²) in [6.07, 6.45) is -4.18. The van der Waals surface area contributed by atoms with Crippen molar-refractivity contribution in [1.29, 1.82) is 0 Å². The number of aromatic nitrogens is 2. The van der Waals surface area contributed by atoms with E-state index in [1.807, 2.05) is 24.3 Å². The number of carbonyl (C=O) groups excluding carboxylic acids is 1. The Balaban J connectivity index is 2.42. The molecule has 0 spiro atoms. The number of alkyl halides is 3. The first-order valence-electron chi connectivity index (χ1n) is 6.67. The Kier molecular flexibility index (Phi) is 5.13. The molecule has 23 heavy (non-hydrogen) atoms. The van der Waals surface area contributed by atoms with Crippen molar-refractivity contribution in [2.45, 2.75) is 26.1 Å². The smallest absolute Gasteiger partial charge is 0.408 e. The fourth-order valence-electron chi connectivity index (χ4n) is 2.22. The molecule has 0 bridgehead atoms. The molecule has 4 nitrogen and oxygen atoms in total. The maximum absolute atomic E-state index is 12.6. The number of halogens is 4. The van der Waals surface area contributed by atoms with Crippen LogP contribution in [0.25, 0.3) is 0 Å². The summed E-state index contributed by atoms with van der Waals surface area (Å²) in [6, 6.07) is 7.24. The van der Waals surface area contributed by atoms with Gasteiger partial charge < -0.3 is 4.74 Å². The molecular formula is C15H14BrF3N2O2. The molecule has 1 aromatic heterocycles. The van der Waals surface area contributed by atoms with Gasteiger partial charge >= 0.3 is 12.1 Å². The van der Waals surface area contributed by atoms with E-state index in [0.29, 0.717) is 0 Å². The fraction of sp³-hybridized carbons (Fsp3) is 0.333. The molecule has 0 saturated carbocycles. The van der Waals surface area contributed by atoms with Crippen LogP contribution in [0.2, 0.25) is 0 Å². The van der Waals surface area contributed by atoms with Gasteiger partial charge in [0.15, 0.2) is 0 Å². The fourth-order valence-corrected chi connectivity index (χ4v) is 2.48. The predicted molar refractivity (Wildman–Crippen MR) is 81.3 cm³/mol. The van der Waals surface area contributed by atoms with E-state index >= 15 is 0 Å². The molecule has 0 aliphatic heterocycles. The van der Waals surface area contributed by atoms with E-state index in [9.17, 15) is 18.0 Å². The SMILES string of the molecule is COC(=O)c1c(Cc2ccc(Br)cc2)nn(CC(F)(F)F)c1C. The molecular weight excluding hydrogens is 377 g/mol. The number of rotatable bonds is 4. The Labute approximate surface area is 139 Å². The van der Waals surface area contributed by atoms with Crippen molar-refractivity contribution in [3.63, 3.8) is 0 Å². The first-order chi connectivity index (χ1) is 10.7. The number of esters is 1. The van der Waals surface area contributed by atoms with Gasteiger partial charge in [0.05, 0.1) is 18.5 Å². The minimum absolute atomic E-state index is 0.0830. The Morgan fingerprint density at radius 2 is 1.91 bits per heavy atom. The number of benzene rings is 1. The minimum Gasteiger partial charge on any atom is -0.465 e. The Morgan fingerprint density at radius 1 is 1.30 bits per heavy atom. The van der Waals surface area contributed by atoms with E-state index in [1.165, 1.54) is 14.0 Å². The van der Waals surface area contributed by atoms with Crippen molar-refractivity contribution in [3.05, 3.63) is 51.3 Å². The van der Waals surface area contributed by atoms with E-state index in [0.717, 1.165) is 14.7 Å². The van der Waals surface area contributed by atoms with Gasteiger partial charge in [-0.15, -0.1) is 0 Å². The molecule has 0 radical (unpaired) electrons. The third kappa shape index (κ3) is 4.34. The molecule has 1 aromatic carbocycles. The molecule has 0 N–H and O–H groups in total. The van der Waals surface area contributed by atoms with Crippen molar-refractivity contribution < 1.29 is 22.7 Å². The van der Waals surface area contributed by atoms with E-state index in [1.54, 1.807) is 0 Å². The molecule has 2 rings (SSSR count). The molecule has 0 atom stereocenters. The monoisotopic (exact) mass is 390 g/mol. The van der Waals surface area contributed by atoms with Crippen LogP contribution in [-0.2, 0) is 17.7 Å². The van der Waals surface area contributed by atoms with Crippen molar-refractivity contribution in [2.24, 2.45) is 0 Å². The molecule has 2 aromatic rings. The number of nitrogens with zero attached hydrogens (tertiary/aromatic N) is 2. The highest BCUT2D eigenvalue weighted by atomic mass is 79.9. The lowest BCUT2D eigenvalue weighted by molar-refractivity contribution is -0.143. The predicted octanol–water partition coefficient (Wildman–Crippen LogP) is 3.89. The van der Waals surface area contributed by atoms with E-state index in [2.05, 4.69) is 25.8 Å². The van der Waals surface area contributed by atoms with Gasteiger partial charge in [-0.05, 0) is 24.6 Å². The summed E-state index contributed by atoms with van der Waals surface area (Å²) < 4.78 is 44.3. The van der Waals surface area contributed by atoms with Gasteiger partial charge in [0.2, 0.25) is 0 Å².